The molecule has 1 aromatic rings. The molecule has 0 radical (unpaired) electrons. The van der Waals surface area contributed by atoms with Crippen molar-refractivity contribution in [3.8, 4) is 0 Å². The number of hydrogen-bond donors (Lipinski definition) is 2. The summed E-state index contributed by atoms with van der Waals surface area (Å²) in [6.07, 6.45) is 5.41. The van der Waals surface area contributed by atoms with Crippen LogP contribution >= 0.6 is 11.8 Å². The Bertz CT molecular complexity index is 431. The van der Waals surface area contributed by atoms with E-state index in [-0.39, 0.29) is 24.4 Å². The van der Waals surface area contributed by atoms with Crippen LogP contribution in [0.1, 0.15) is 12.0 Å². The van der Waals surface area contributed by atoms with Crippen LogP contribution in [0.2, 0.25) is 0 Å². The highest BCUT2D eigenvalue weighted by molar-refractivity contribution is 7.98. The number of thioether (sulfide) groups is 1. The van der Waals surface area contributed by atoms with Crippen LogP contribution in [0, 0.1) is 5.82 Å². The second-order valence-corrected chi connectivity index (χ2v) is 4.97. The highest BCUT2D eigenvalue weighted by atomic mass is 32.2. The second-order valence-electron chi connectivity index (χ2n) is 4.06. The molecular formula is C14H18FNO2S. The number of aliphatic hydroxyl groups is 1. The average Bonchev–Trinajstić information content (AvgIpc) is 2.37. The maximum absolute atomic E-state index is 12.9. The van der Waals surface area contributed by atoms with Gasteiger partial charge in [0.1, 0.15) is 5.82 Å². The highest BCUT2D eigenvalue weighted by Crippen LogP contribution is 2.06. The van der Waals surface area contributed by atoms with Crippen molar-refractivity contribution < 1.29 is 14.3 Å². The molecule has 1 amide bonds. The van der Waals surface area contributed by atoms with E-state index in [9.17, 15) is 9.18 Å². The highest BCUT2D eigenvalue weighted by Gasteiger charge is 2.08. The first-order chi connectivity index (χ1) is 9.15. The molecule has 0 saturated carbocycles. The summed E-state index contributed by atoms with van der Waals surface area (Å²) in [7, 11) is 0. The zero-order valence-electron chi connectivity index (χ0n) is 10.8. The van der Waals surface area contributed by atoms with Gasteiger partial charge in [-0.25, -0.2) is 4.39 Å². The Morgan fingerprint density at radius 3 is 3.00 bits per heavy atom. The van der Waals surface area contributed by atoms with E-state index in [1.54, 1.807) is 30.0 Å². The first-order valence-corrected chi connectivity index (χ1v) is 7.39. The van der Waals surface area contributed by atoms with E-state index in [0.717, 1.165) is 5.75 Å². The van der Waals surface area contributed by atoms with Gasteiger partial charge in [0.05, 0.1) is 0 Å². The van der Waals surface area contributed by atoms with Gasteiger partial charge in [0.2, 0.25) is 5.91 Å². The van der Waals surface area contributed by atoms with Gasteiger partial charge in [0, 0.05) is 24.5 Å². The summed E-state index contributed by atoms with van der Waals surface area (Å²) < 4.78 is 12.9. The van der Waals surface area contributed by atoms with E-state index in [2.05, 4.69) is 5.32 Å². The summed E-state index contributed by atoms with van der Waals surface area (Å²) in [6, 6.07) is 5.98. The van der Waals surface area contributed by atoms with Crippen molar-refractivity contribution >= 4 is 23.7 Å². The molecule has 0 saturated heterocycles. The minimum absolute atomic E-state index is 0.0408. The number of rotatable bonds is 7. The molecule has 1 unspecified atom stereocenters. The van der Waals surface area contributed by atoms with Gasteiger partial charge in [-0.1, -0.05) is 12.1 Å². The largest absolute Gasteiger partial charge is 0.396 e. The molecule has 0 spiro atoms. The lowest BCUT2D eigenvalue weighted by molar-refractivity contribution is -0.117. The third kappa shape index (κ3) is 6.40. The average molecular weight is 283 g/mol. The molecule has 0 aliphatic rings. The standard InChI is InChI=1S/C14H18FNO2S/c1-19-10-13(7-8-17)16-14(18)6-5-11-3-2-4-12(15)9-11/h2-6,9,13,17H,7-8,10H2,1H3,(H,16,18)/b6-5+. The number of carbonyl (C=O) groups is 1. The molecule has 5 heteroatoms. The maximum Gasteiger partial charge on any atom is 0.244 e. The lowest BCUT2D eigenvalue weighted by Crippen LogP contribution is -2.36. The Morgan fingerprint density at radius 2 is 2.37 bits per heavy atom. The van der Waals surface area contributed by atoms with E-state index in [1.165, 1.54) is 18.2 Å². The fourth-order valence-electron chi connectivity index (χ4n) is 1.59. The Morgan fingerprint density at radius 1 is 1.58 bits per heavy atom. The van der Waals surface area contributed by atoms with Crippen molar-refractivity contribution in [2.75, 3.05) is 18.6 Å². The van der Waals surface area contributed by atoms with Gasteiger partial charge < -0.3 is 10.4 Å². The molecule has 104 valence electrons. The van der Waals surface area contributed by atoms with Gasteiger partial charge >= 0.3 is 0 Å². The van der Waals surface area contributed by atoms with E-state index in [1.807, 2.05) is 6.26 Å². The third-order valence-electron chi connectivity index (χ3n) is 2.47. The van der Waals surface area contributed by atoms with Crippen LogP contribution in [0.5, 0.6) is 0 Å². The first-order valence-electron chi connectivity index (χ1n) is 5.99. The molecule has 0 fully saturated rings. The molecule has 0 aliphatic carbocycles. The topological polar surface area (TPSA) is 49.3 Å². The van der Waals surface area contributed by atoms with Gasteiger partial charge in [-0.15, -0.1) is 0 Å². The lowest BCUT2D eigenvalue weighted by atomic mass is 10.2. The summed E-state index contributed by atoms with van der Waals surface area (Å²) >= 11 is 1.61. The van der Waals surface area contributed by atoms with E-state index >= 15 is 0 Å². The van der Waals surface area contributed by atoms with E-state index in [4.69, 9.17) is 5.11 Å². The fraction of sp³-hybridized carbons (Fsp3) is 0.357. The van der Waals surface area contributed by atoms with Gasteiger partial charge in [-0.2, -0.15) is 11.8 Å². The molecule has 0 heterocycles. The van der Waals surface area contributed by atoms with Crippen molar-refractivity contribution in [1.82, 2.24) is 5.32 Å². The molecule has 0 bridgehead atoms. The number of aliphatic hydroxyl groups excluding tert-OH is 1. The summed E-state index contributed by atoms with van der Waals surface area (Å²) in [5.41, 5.74) is 0.638. The molecule has 0 aliphatic heterocycles. The number of hydrogen-bond acceptors (Lipinski definition) is 3. The zero-order chi connectivity index (χ0) is 14.1. The third-order valence-corrected chi connectivity index (χ3v) is 3.20. The van der Waals surface area contributed by atoms with Crippen molar-refractivity contribution in [2.24, 2.45) is 0 Å². The molecule has 0 aromatic heterocycles. The van der Waals surface area contributed by atoms with Crippen molar-refractivity contribution in [3.05, 3.63) is 41.7 Å². The van der Waals surface area contributed by atoms with Gasteiger partial charge in [-0.05, 0) is 36.4 Å². The SMILES string of the molecule is CSCC(CCO)NC(=O)/C=C/c1cccc(F)c1. The van der Waals surface area contributed by atoms with Gasteiger partial charge in [-0.3, -0.25) is 4.79 Å². The fourth-order valence-corrected chi connectivity index (χ4v) is 2.24. The van der Waals surface area contributed by atoms with Crippen LogP contribution in [0.25, 0.3) is 6.08 Å². The predicted octanol–water partition coefficient (Wildman–Crippen LogP) is 2.07. The molecule has 1 rings (SSSR count). The molecular weight excluding hydrogens is 265 g/mol. The monoisotopic (exact) mass is 283 g/mol. The van der Waals surface area contributed by atoms with Gasteiger partial charge in [0.25, 0.3) is 0 Å². The van der Waals surface area contributed by atoms with Crippen molar-refractivity contribution in [2.45, 2.75) is 12.5 Å². The van der Waals surface area contributed by atoms with Crippen LogP contribution in [-0.4, -0.2) is 35.7 Å². The quantitative estimate of drug-likeness (QED) is 0.753. The Hall–Kier alpha value is -1.33. The minimum Gasteiger partial charge on any atom is -0.396 e. The molecule has 1 aromatic carbocycles. The predicted molar refractivity (Wildman–Crippen MR) is 77.4 cm³/mol. The van der Waals surface area contributed by atoms with Gasteiger partial charge in [0.15, 0.2) is 0 Å². The number of benzene rings is 1. The molecule has 2 N–H and O–H groups in total. The second kappa shape index (κ2) is 8.72. The minimum atomic E-state index is -0.330. The molecule has 3 nitrogen and oxygen atoms in total. The van der Waals surface area contributed by atoms with Crippen LogP contribution in [0.15, 0.2) is 30.3 Å². The van der Waals surface area contributed by atoms with Crippen LogP contribution in [0.3, 0.4) is 0 Å². The summed E-state index contributed by atoms with van der Waals surface area (Å²) in [6.45, 7) is 0.0408. The first kappa shape index (κ1) is 15.7. The number of halogens is 1. The number of carbonyl (C=O) groups excluding carboxylic acids is 1. The van der Waals surface area contributed by atoms with Crippen LogP contribution < -0.4 is 5.32 Å². The zero-order valence-corrected chi connectivity index (χ0v) is 11.6. The van der Waals surface area contributed by atoms with Crippen LogP contribution in [-0.2, 0) is 4.79 Å². The summed E-state index contributed by atoms with van der Waals surface area (Å²) in [5.74, 6) is 0.181. The Balaban J connectivity index is 2.53. The van der Waals surface area contributed by atoms with Crippen molar-refractivity contribution in [3.63, 3.8) is 0 Å². The molecule has 1 atom stereocenters. The van der Waals surface area contributed by atoms with E-state index in [0.29, 0.717) is 12.0 Å². The van der Waals surface area contributed by atoms with Crippen molar-refractivity contribution in [1.29, 1.82) is 0 Å². The number of amides is 1. The number of nitrogens with one attached hydrogen (secondary N) is 1. The van der Waals surface area contributed by atoms with Crippen LogP contribution in [0.4, 0.5) is 4.39 Å². The summed E-state index contributed by atoms with van der Waals surface area (Å²) in [4.78, 5) is 11.7. The smallest absolute Gasteiger partial charge is 0.244 e. The lowest BCUT2D eigenvalue weighted by Gasteiger charge is -2.15. The van der Waals surface area contributed by atoms with E-state index < -0.39 is 0 Å². The molecule has 19 heavy (non-hydrogen) atoms. The summed E-state index contributed by atoms with van der Waals surface area (Å²) in [5, 5.41) is 11.7. The maximum atomic E-state index is 12.9. The normalized spacial score (nSPS) is 12.6. The Labute approximate surface area is 116 Å². The Kier molecular flexibility index (Phi) is 7.22.